The van der Waals surface area contributed by atoms with Crippen LogP contribution in [0.5, 0.6) is 0 Å². The van der Waals surface area contributed by atoms with E-state index in [1.54, 1.807) is 6.33 Å². The normalized spacial score (nSPS) is 21.0. The van der Waals surface area contributed by atoms with Crippen molar-refractivity contribution in [2.45, 2.75) is 31.2 Å². The van der Waals surface area contributed by atoms with Crippen LogP contribution in [0.4, 0.5) is 0 Å². The Labute approximate surface area is 157 Å². The maximum absolute atomic E-state index is 13.3. The molecular weight excluding hydrogens is 336 g/mol. The Morgan fingerprint density at radius 3 is 3.00 bits per heavy atom. The van der Waals surface area contributed by atoms with Gasteiger partial charge in [-0.05, 0) is 60.7 Å². The van der Waals surface area contributed by atoms with Gasteiger partial charge >= 0.3 is 0 Å². The van der Waals surface area contributed by atoms with E-state index in [2.05, 4.69) is 22.0 Å². The summed E-state index contributed by atoms with van der Waals surface area (Å²) in [6.07, 6.45) is 4.73. The second-order valence-corrected chi connectivity index (χ2v) is 7.60. The minimum absolute atomic E-state index is 0.0983. The van der Waals surface area contributed by atoms with E-state index in [1.807, 2.05) is 41.9 Å². The Balaban J connectivity index is 1.49. The van der Waals surface area contributed by atoms with Crippen LogP contribution < -0.4 is 0 Å². The number of aromatic nitrogens is 2. The second-order valence-electron chi connectivity index (χ2n) is 7.60. The van der Waals surface area contributed by atoms with Crippen LogP contribution in [0.2, 0.25) is 0 Å². The summed E-state index contributed by atoms with van der Waals surface area (Å²) in [5, 5.41) is 9.22. The topological polar surface area (TPSA) is 61.9 Å². The summed E-state index contributed by atoms with van der Waals surface area (Å²) < 4.78 is 1.94. The Hall–Kier alpha value is -3.13. The molecule has 0 spiro atoms. The second kappa shape index (κ2) is 5.95. The first kappa shape index (κ1) is 16.1. The first-order valence-electron chi connectivity index (χ1n) is 9.40. The lowest BCUT2D eigenvalue weighted by molar-refractivity contribution is 0.0595. The zero-order valence-electron chi connectivity index (χ0n) is 15.2. The van der Waals surface area contributed by atoms with Crippen molar-refractivity contribution in [1.82, 2.24) is 14.5 Å². The molecule has 5 heteroatoms. The minimum atomic E-state index is 0.0983. The molecule has 0 saturated carbocycles. The Bertz CT molecular complexity index is 1110. The molecule has 1 fully saturated rings. The zero-order valence-corrected chi connectivity index (χ0v) is 15.2. The lowest BCUT2D eigenvalue weighted by Crippen LogP contribution is -2.46. The fourth-order valence-corrected chi connectivity index (χ4v) is 4.77. The van der Waals surface area contributed by atoms with Crippen molar-refractivity contribution in [3.05, 3.63) is 65.0 Å². The summed E-state index contributed by atoms with van der Waals surface area (Å²) in [5.74, 6) is 0.438. The molecular formula is C22H20N4O. The number of aryl methyl sites for hydroxylation is 1. The molecule has 0 bridgehead atoms. The van der Waals surface area contributed by atoms with E-state index in [1.165, 1.54) is 11.1 Å². The van der Waals surface area contributed by atoms with E-state index >= 15 is 0 Å². The Morgan fingerprint density at radius 2 is 2.15 bits per heavy atom. The van der Waals surface area contributed by atoms with Gasteiger partial charge in [-0.3, -0.25) is 4.79 Å². The van der Waals surface area contributed by atoms with Crippen LogP contribution in [-0.2, 0) is 13.5 Å². The highest BCUT2D eigenvalue weighted by Gasteiger charge is 2.41. The number of amides is 1. The number of carbonyl (C=O) groups excluding carboxylic acids is 1. The number of imidazole rings is 1. The van der Waals surface area contributed by atoms with Gasteiger partial charge in [-0.25, -0.2) is 4.98 Å². The van der Waals surface area contributed by atoms with E-state index in [0.29, 0.717) is 11.5 Å². The number of rotatable bonds is 1. The molecule has 5 nitrogen and oxygen atoms in total. The number of piperidine rings is 1. The lowest BCUT2D eigenvalue weighted by Gasteiger charge is -2.38. The predicted molar refractivity (Wildman–Crippen MR) is 102 cm³/mol. The molecule has 2 aromatic carbocycles. The van der Waals surface area contributed by atoms with Crippen LogP contribution in [0, 0.1) is 11.3 Å². The number of fused-ring (bicyclic) bond motifs is 4. The molecule has 2 heterocycles. The van der Waals surface area contributed by atoms with Crippen molar-refractivity contribution in [2.24, 2.45) is 7.05 Å². The van der Waals surface area contributed by atoms with Crippen molar-refractivity contribution in [3.63, 3.8) is 0 Å². The van der Waals surface area contributed by atoms with E-state index < -0.39 is 0 Å². The lowest BCUT2D eigenvalue weighted by atomic mass is 9.88. The molecule has 134 valence electrons. The fraction of sp³-hybridized carbons (Fsp3) is 0.318. The molecule has 3 aromatic rings. The van der Waals surface area contributed by atoms with Crippen molar-refractivity contribution >= 4 is 16.9 Å². The SMILES string of the molecule is Cn1cnc2ccc(C(=O)N3CCC[C@@H]4c5cc(C#N)ccc5C[C@@H]43)cc21. The van der Waals surface area contributed by atoms with E-state index in [0.717, 1.165) is 42.4 Å². The van der Waals surface area contributed by atoms with Gasteiger partial charge in [0.15, 0.2) is 0 Å². The molecule has 0 N–H and O–H groups in total. The standard InChI is InChI=1S/C22H20N4O/c1-25-13-24-19-7-6-16(11-21(19)25)22(27)26-8-2-3-17-18-9-14(12-23)4-5-15(18)10-20(17)26/h4-7,9,11,13,17,20H,2-3,8,10H2,1H3/t17-,20+/m1/s1. The summed E-state index contributed by atoms with van der Waals surface area (Å²) >= 11 is 0. The molecule has 2 aliphatic rings. The van der Waals surface area contributed by atoms with Gasteiger partial charge in [-0.1, -0.05) is 6.07 Å². The molecule has 0 unspecified atom stereocenters. The Kier molecular flexibility index (Phi) is 3.54. The Morgan fingerprint density at radius 1 is 1.26 bits per heavy atom. The maximum atomic E-state index is 13.3. The summed E-state index contributed by atoms with van der Waals surface area (Å²) in [6, 6.07) is 14.2. The van der Waals surface area contributed by atoms with Crippen molar-refractivity contribution in [3.8, 4) is 6.07 Å². The molecule has 1 saturated heterocycles. The van der Waals surface area contributed by atoms with Gasteiger partial charge in [0.25, 0.3) is 5.91 Å². The van der Waals surface area contributed by atoms with Crippen LogP contribution in [0.1, 0.15) is 45.8 Å². The third-order valence-electron chi connectivity index (χ3n) is 6.12. The largest absolute Gasteiger partial charge is 0.335 e. The smallest absolute Gasteiger partial charge is 0.254 e. The van der Waals surface area contributed by atoms with Crippen LogP contribution in [0.3, 0.4) is 0 Å². The van der Waals surface area contributed by atoms with Gasteiger partial charge in [-0.15, -0.1) is 0 Å². The van der Waals surface area contributed by atoms with Gasteiger partial charge in [0.05, 0.1) is 29.0 Å². The quantitative estimate of drug-likeness (QED) is 0.671. The summed E-state index contributed by atoms with van der Waals surface area (Å²) in [6.45, 7) is 0.794. The van der Waals surface area contributed by atoms with Gasteiger partial charge in [-0.2, -0.15) is 5.26 Å². The number of nitriles is 1. The molecule has 2 atom stereocenters. The highest BCUT2D eigenvalue weighted by atomic mass is 16.2. The van der Waals surface area contributed by atoms with Crippen molar-refractivity contribution in [1.29, 1.82) is 5.26 Å². The third kappa shape index (κ3) is 2.44. The maximum Gasteiger partial charge on any atom is 0.254 e. The third-order valence-corrected chi connectivity index (χ3v) is 6.12. The first-order valence-corrected chi connectivity index (χ1v) is 9.40. The molecule has 1 amide bonds. The number of carbonyl (C=O) groups is 1. The van der Waals surface area contributed by atoms with Gasteiger partial charge < -0.3 is 9.47 Å². The molecule has 1 aromatic heterocycles. The molecule has 5 rings (SSSR count). The molecule has 27 heavy (non-hydrogen) atoms. The fourth-order valence-electron chi connectivity index (χ4n) is 4.77. The summed E-state index contributed by atoms with van der Waals surface area (Å²) in [4.78, 5) is 19.7. The predicted octanol–water partition coefficient (Wildman–Crippen LogP) is 3.39. The van der Waals surface area contributed by atoms with E-state index in [4.69, 9.17) is 0 Å². The highest BCUT2D eigenvalue weighted by molar-refractivity contribution is 5.97. The highest BCUT2D eigenvalue weighted by Crippen LogP contribution is 2.43. The summed E-state index contributed by atoms with van der Waals surface area (Å²) in [7, 11) is 1.95. The van der Waals surface area contributed by atoms with Crippen LogP contribution in [0.25, 0.3) is 11.0 Å². The first-order chi connectivity index (χ1) is 13.2. The number of hydrogen-bond acceptors (Lipinski definition) is 3. The van der Waals surface area contributed by atoms with Crippen molar-refractivity contribution < 1.29 is 4.79 Å². The van der Waals surface area contributed by atoms with Gasteiger partial charge in [0, 0.05) is 31.1 Å². The zero-order chi connectivity index (χ0) is 18.5. The number of benzene rings is 2. The van der Waals surface area contributed by atoms with E-state index in [9.17, 15) is 10.1 Å². The molecule has 0 radical (unpaired) electrons. The monoisotopic (exact) mass is 356 g/mol. The van der Waals surface area contributed by atoms with Crippen molar-refractivity contribution in [2.75, 3.05) is 6.54 Å². The van der Waals surface area contributed by atoms with E-state index in [-0.39, 0.29) is 11.9 Å². The number of nitrogens with zero attached hydrogens (tertiary/aromatic N) is 4. The van der Waals surface area contributed by atoms with Crippen LogP contribution in [0.15, 0.2) is 42.7 Å². The van der Waals surface area contributed by atoms with Gasteiger partial charge in [0.1, 0.15) is 0 Å². The van der Waals surface area contributed by atoms with Gasteiger partial charge in [0.2, 0.25) is 0 Å². The average molecular weight is 356 g/mol. The molecule has 1 aliphatic carbocycles. The van der Waals surface area contributed by atoms with Crippen LogP contribution >= 0.6 is 0 Å². The summed E-state index contributed by atoms with van der Waals surface area (Å²) in [5.41, 5.74) is 5.86. The average Bonchev–Trinajstić information content (AvgIpc) is 3.27. The number of hydrogen-bond donors (Lipinski definition) is 0. The minimum Gasteiger partial charge on any atom is -0.335 e. The van der Waals surface area contributed by atoms with Crippen LogP contribution in [-0.4, -0.2) is 32.9 Å². The number of likely N-dealkylation sites (tertiary alicyclic amines) is 1. The molecule has 1 aliphatic heterocycles.